The Hall–Kier alpha value is -4.11. The Kier molecular flexibility index (Phi) is 6.18. The molecule has 39 heavy (non-hydrogen) atoms. The smallest absolute Gasteiger partial charge is 0.187 e. The quantitative estimate of drug-likeness (QED) is 0.141. The molecule has 1 aliphatic rings. The number of nitrogens with two attached hydrogens (primary N) is 1. The zero-order valence-electron chi connectivity index (χ0n) is 23.3. The van der Waals surface area contributed by atoms with Crippen LogP contribution in [0.3, 0.4) is 0 Å². The average Bonchev–Trinajstić information content (AvgIpc) is 3.37. The molecule has 0 radical (unpaired) electrons. The zero-order chi connectivity index (χ0) is 27.2. The van der Waals surface area contributed by atoms with Crippen LogP contribution in [0.2, 0.25) is 10.6 Å². The molecular formula is C36H35BN2. The molecule has 0 aliphatic carbocycles. The molecule has 1 heterocycles. The molecule has 0 unspecified atom stereocenters. The fourth-order valence-corrected chi connectivity index (χ4v) is 6.23. The van der Waals surface area contributed by atoms with Crippen LogP contribution in [0.15, 0.2) is 120 Å². The molecule has 1 fully saturated rings. The van der Waals surface area contributed by atoms with Crippen molar-refractivity contribution in [2.75, 3.05) is 0 Å². The number of benzene rings is 5. The Morgan fingerprint density at radius 1 is 0.667 bits per heavy atom. The lowest BCUT2D eigenvalue weighted by Crippen LogP contribution is -2.20. The van der Waals surface area contributed by atoms with Crippen molar-refractivity contribution < 1.29 is 0 Å². The van der Waals surface area contributed by atoms with Crippen LogP contribution >= 0.6 is 0 Å². The lowest BCUT2D eigenvalue weighted by Gasteiger charge is -2.09. The number of fused-ring (bicyclic) bond motifs is 2. The summed E-state index contributed by atoms with van der Waals surface area (Å²) in [6.45, 7) is 10.0. The first kappa shape index (κ1) is 25.2. The van der Waals surface area contributed by atoms with Gasteiger partial charge in [0.05, 0.1) is 5.70 Å². The Bertz CT molecular complexity index is 1730. The minimum atomic E-state index is 0.307. The van der Waals surface area contributed by atoms with E-state index in [0.29, 0.717) is 23.2 Å². The molecule has 5 aromatic carbocycles. The number of allylic oxidation sites excluding steroid dienone is 1. The van der Waals surface area contributed by atoms with Gasteiger partial charge in [-0.05, 0) is 45.2 Å². The maximum atomic E-state index is 6.64. The zero-order valence-corrected chi connectivity index (χ0v) is 23.3. The number of rotatable bonds is 6. The van der Waals surface area contributed by atoms with Crippen LogP contribution in [0.1, 0.15) is 44.4 Å². The van der Waals surface area contributed by atoms with Gasteiger partial charge in [0.1, 0.15) is 5.84 Å². The number of hydrogen-bond donors (Lipinski definition) is 1. The molecule has 0 atom stereocenters. The van der Waals surface area contributed by atoms with E-state index in [0.717, 1.165) is 28.6 Å². The fourth-order valence-electron chi connectivity index (χ4n) is 6.23. The maximum Gasteiger partial charge on any atom is 0.187 e. The normalized spacial score (nSPS) is 16.6. The predicted octanol–water partition coefficient (Wildman–Crippen LogP) is 8.26. The second-order valence-electron chi connectivity index (χ2n) is 12.0. The molecule has 6 rings (SSSR count). The standard InChI is InChI=1S/C36H35BN2/c1-35(2)36(3,4)37(35)32-20-18-28(19-21-32)33(22-14-25-13-15-26-9-5-7-11-29(26)23-25)39-34(38)31-17-16-27-10-6-8-12-30(27)24-31/h5-13,15-24H,14H2,1-4H3,(H2,38,39)/b33-22-. The Balaban J connectivity index is 1.36. The van der Waals surface area contributed by atoms with Crippen molar-refractivity contribution in [2.24, 2.45) is 10.7 Å². The summed E-state index contributed by atoms with van der Waals surface area (Å²) < 4.78 is 0. The Morgan fingerprint density at radius 3 is 1.82 bits per heavy atom. The summed E-state index contributed by atoms with van der Waals surface area (Å²) in [7, 11) is 0. The van der Waals surface area contributed by atoms with Crippen LogP contribution in [0.4, 0.5) is 0 Å². The highest BCUT2D eigenvalue weighted by molar-refractivity contribution is 6.89. The van der Waals surface area contributed by atoms with Crippen molar-refractivity contribution >= 4 is 45.3 Å². The molecule has 0 saturated carbocycles. The largest absolute Gasteiger partial charge is 0.383 e. The molecule has 0 spiro atoms. The van der Waals surface area contributed by atoms with Crippen molar-refractivity contribution in [3.63, 3.8) is 0 Å². The van der Waals surface area contributed by atoms with Crippen molar-refractivity contribution in [1.82, 2.24) is 0 Å². The van der Waals surface area contributed by atoms with Gasteiger partial charge in [-0.25, -0.2) is 4.99 Å². The molecule has 2 nitrogen and oxygen atoms in total. The SMILES string of the molecule is CC1(C)B(c2ccc(/C(=C/Cc3ccc4ccccc4c3)N=C(N)c3ccc4ccccc4c3)cc2)C1(C)C. The number of nitrogens with zero attached hydrogens (tertiary/aromatic N) is 1. The number of aliphatic imine (C=N–C) groups is 1. The lowest BCUT2D eigenvalue weighted by atomic mass is 9.53. The summed E-state index contributed by atoms with van der Waals surface area (Å²) in [6.07, 6.45) is 2.98. The lowest BCUT2D eigenvalue weighted by molar-refractivity contribution is 0.628. The molecule has 5 aromatic rings. The molecule has 192 valence electrons. The van der Waals surface area contributed by atoms with Crippen molar-refractivity contribution in [1.29, 1.82) is 0 Å². The van der Waals surface area contributed by atoms with Crippen LogP contribution in [-0.2, 0) is 6.42 Å². The van der Waals surface area contributed by atoms with Crippen molar-refractivity contribution in [2.45, 2.75) is 44.7 Å². The van der Waals surface area contributed by atoms with Gasteiger partial charge in [-0.1, -0.05) is 153 Å². The first-order valence-electron chi connectivity index (χ1n) is 13.9. The Labute approximate surface area is 232 Å². The highest BCUT2D eigenvalue weighted by Crippen LogP contribution is 2.73. The summed E-state index contributed by atoms with van der Waals surface area (Å²) in [5.41, 5.74) is 12.2. The summed E-state index contributed by atoms with van der Waals surface area (Å²) in [4.78, 5) is 5.00. The van der Waals surface area contributed by atoms with Gasteiger partial charge in [-0.3, -0.25) is 0 Å². The predicted molar refractivity (Wildman–Crippen MR) is 170 cm³/mol. The summed E-state index contributed by atoms with van der Waals surface area (Å²) in [6, 6.07) is 38.8. The van der Waals surface area contributed by atoms with Gasteiger partial charge in [0.2, 0.25) is 0 Å². The van der Waals surface area contributed by atoms with Gasteiger partial charge in [-0.15, -0.1) is 0 Å². The van der Waals surface area contributed by atoms with Crippen LogP contribution in [0.5, 0.6) is 0 Å². The minimum Gasteiger partial charge on any atom is -0.383 e. The van der Waals surface area contributed by atoms with Crippen molar-refractivity contribution in [3.8, 4) is 0 Å². The molecule has 3 heteroatoms. The second kappa shape index (κ2) is 9.57. The molecule has 1 aliphatic heterocycles. The van der Waals surface area contributed by atoms with Crippen LogP contribution in [0, 0.1) is 0 Å². The third-order valence-corrected chi connectivity index (χ3v) is 9.19. The summed E-state index contributed by atoms with van der Waals surface area (Å²) >= 11 is 0. The third-order valence-electron chi connectivity index (χ3n) is 9.19. The first-order chi connectivity index (χ1) is 18.7. The van der Waals surface area contributed by atoms with Gasteiger partial charge >= 0.3 is 0 Å². The molecule has 1 saturated heterocycles. The van der Waals surface area contributed by atoms with Gasteiger partial charge < -0.3 is 5.73 Å². The van der Waals surface area contributed by atoms with E-state index in [4.69, 9.17) is 10.7 Å². The fraction of sp³-hybridized carbons (Fsp3) is 0.194. The molecular weight excluding hydrogens is 471 g/mol. The minimum absolute atomic E-state index is 0.307. The van der Waals surface area contributed by atoms with Gasteiger partial charge in [0, 0.05) is 5.56 Å². The molecule has 0 amide bonds. The second-order valence-corrected chi connectivity index (χ2v) is 12.0. The molecule has 0 aromatic heterocycles. The van der Waals surface area contributed by atoms with E-state index < -0.39 is 0 Å². The highest BCUT2D eigenvalue weighted by atomic mass is 14.9. The monoisotopic (exact) mass is 506 g/mol. The van der Waals surface area contributed by atoms with E-state index in [1.807, 2.05) is 0 Å². The first-order valence-corrected chi connectivity index (χ1v) is 13.9. The van der Waals surface area contributed by atoms with E-state index >= 15 is 0 Å². The summed E-state index contributed by atoms with van der Waals surface area (Å²) in [5, 5.41) is 5.48. The van der Waals surface area contributed by atoms with E-state index in [9.17, 15) is 0 Å². The topological polar surface area (TPSA) is 38.4 Å². The molecule has 0 bridgehead atoms. The van der Waals surface area contributed by atoms with E-state index in [-0.39, 0.29) is 0 Å². The number of amidine groups is 1. The maximum absolute atomic E-state index is 6.64. The van der Waals surface area contributed by atoms with Crippen LogP contribution in [-0.4, -0.2) is 12.5 Å². The van der Waals surface area contributed by atoms with Crippen LogP contribution in [0.25, 0.3) is 27.2 Å². The van der Waals surface area contributed by atoms with Crippen LogP contribution < -0.4 is 11.2 Å². The Morgan fingerprint density at radius 2 is 1.21 bits per heavy atom. The van der Waals surface area contributed by atoms with Crippen molar-refractivity contribution in [3.05, 3.63) is 132 Å². The summed E-state index contributed by atoms with van der Waals surface area (Å²) in [5.74, 6) is 0.527. The highest BCUT2D eigenvalue weighted by Gasteiger charge is 2.67. The van der Waals surface area contributed by atoms with E-state index in [2.05, 4.69) is 143 Å². The van der Waals surface area contributed by atoms with Gasteiger partial charge in [0.25, 0.3) is 0 Å². The third kappa shape index (κ3) is 4.67. The average molecular weight is 507 g/mol. The van der Waals surface area contributed by atoms with E-state index in [1.54, 1.807) is 0 Å². The van der Waals surface area contributed by atoms with Gasteiger partial charge in [0.15, 0.2) is 6.71 Å². The number of hydrogen-bond acceptors (Lipinski definition) is 1. The van der Waals surface area contributed by atoms with E-state index in [1.165, 1.54) is 27.2 Å². The van der Waals surface area contributed by atoms with Gasteiger partial charge in [-0.2, -0.15) is 0 Å². The molecule has 2 N–H and O–H groups in total.